The first-order valence-corrected chi connectivity index (χ1v) is 6.11. The summed E-state index contributed by atoms with van der Waals surface area (Å²) in [6, 6.07) is 3.78. The molecule has 0 radical (unpaired) electrons. The Morgan fingerprint density at radius 2 is 2.38 bits per heavy atom. The minimum Gasteiger partial charge on any atom is -0.345 e. The van der Waals surface area contributed by atoms with E-state index in [2.05, 4.69) is 4.98 Å². The molecule has 0 unspecified atom stereocenters. The molecule has 0 N–H and O–H groups in total. The second kappa shape index (κ2) is 4.61. The van der Waals surface area contributed by atoms with Gasteiger partial charge in [-0.1, -0.05) is 0 Å². The normalized spacial score (nSPS) is 10.6. The number of aryl methyl sites for hydroxylation is 3. The maximum absolute atomic E-state index is 11.3. The summed E-state index contributed by atoms with van der Waals surface area (Å²) in [6.45, 7) is 4.46. The van der Waals surface area contributed by atoms with E-state index >= 15 is 0 Å². The second-order valence-electron chi connectivity index (χ2n) is 3.75. The molecule has 4 heteroatoms. The number of rotatable bonds is 4. The van der Waals surface area contributed by atoms with Gasteiger partial charge in [-0.15, -0.1) is 11.3 Å². The van der Waals surface area contributed by atoms with Crippen LogP contribution in [0.4, 0.5) is 0 Å². The number of carbonyl (C=O) groups is 1. The lowest BCUT2D eigenvalue weighted by molar-refractivity contribution is 0.100. The van der Waals surface area contributed by atoms with Crippen LogP contribution in [0.1, 0.15) is 28.0 Å². The van der Waals surface area contributed by atoms with Gasteiger partial charge in [-0.05, 0) is 19.1 Å². The number of carbonyl (C=O) groups excluding carboxylic acids is 1. The van der Waals surface area contributed by atoms with E-state index in [4.69, 9.17) is 0 Å². The van der Waals surface area contributed by atoms with Gasteiger partial charge in [-0.2, -0.15) is 0 Å². The first-order chi connectivity index (χ1) is 7.68. The summed E-state index contributed by atoms with van der Waals surface area (Å²) in [6.07, 6.45) is 2.89. The molecule has 0 spiro atoms. The van der Waals surface area contributed by atoms with Crippen LogP contribution in [0.3, 0.4) is 0 Å². The second-order valence-corrected chi connectivity index (χ2v) is 4.69. The Kier molecular flexibility index (Phi) is 3.19. The van der Waals surface area contributed by atoms with Gasteiger partial charge in [0, 0.05) is 31.0 Å². The summed E-state index contributed by atoms with van der Waals surface area (Å²) in [7, 11) is 0. The molecule has 2 rings (SSSR count). The molecule has 0 amide bonds. The predicted octanol–water partition coefficient (Wildman–Crippen LogP) is 2.70. The van der Waals surface area contributed by atoms with Crippen molar-refractivity contribution in [2.24, 2.45) is 0 Å². The van der Waals surface area contributed by atoms with Gasteiger partial charge in [-0.25, -0.2) is 4.98 Å². The molecule has 0 fully saturated rings. The van der Waals surface area contributed by atoms with Crippen LogP contribution in [-0.4, -0.2) is 15.3 Å². The lowest BCUT2D eigenvalue weighted by Gasteiger charge is -2.05. The lowest BCUT2D eigenvalue weighted by Crippen LogP contribution is -2.07. The summed E-state index contributed by atoms with van der Waals surface area (Å²) >= 11 is 1.68. The first-order valence-electron chi connectivity index (χ1n) is 5.23. The fraction of sp³-hybridized carbons (Fsp3) is 0.333. The van der Waals surface area contributed by atoms with Gasteiger partial charge in [-0.3, -0.25) is 4.79 Å². The molecule has 0 saturated heterocycles. The molecule has 0 aromatic carbocycles. The number of Topliss-reactive ketones (excluding diaryl/α,β-unsaturated/α-hetero) is 1. The Morgan fingerprint density at radius 3 is 3.00 bits per heavy atom. The molecule has 0 aliphatic rings. The number of nitrogens with zero attached hydrogens (tertiary/aromatic N) is 2. The molecule has 2 heterocycles. The molecule has 3 nitrogen and oxygen atoms in total. The van der Waals surface area contributed by atoms with Crippen molar-refractivity contribution in [2.75, 3.05) is 0 Å². The zero-order valence-corrected chi connectivity index (χ0v) is 10.3. The molecule has 0 bridgehead atoms. The molecule has 16 heavy (non-hydrogen) atoms. The number of thiazole rings is 1. The molecule has 0 aliphatic carbocycles. The van der Waals surface area contributed by atoms with Crippen LogP contribution in [-0.2, 0) is 13.0 Å². The third-order valence-corrected chi connectivity index (χ3v) is 3.61. The summed E-state index contributed by atoms with van der Waals surface area (Å²) < 4.78 is 2.00. The highest BCUT2D eigenvalue weighted by atomic mass is 32.1. The fourth-order valence-electron chi connectivity index (χ4n) is 1.72. The third kappa shape index (κ3) is 2.22. The van der Waals surface area contributed by atoms with Gasteiger partial charge < -0.3 is 4.57 Å². The average Bonchev–Trinajstić information content (AvgIpc) is 2.83. The number of hydrogen-bond acceptors (Lipinski definition) is 3. The largest absolute Gasteiger partial charge is 0.345 e. The summed E-state index contributed by atoms with van der Waals surface area (Å²) in [4.78, 5) is 16.8. The summed E-state index contributed by atoms with van der Waals surface area (Å²) in [5, 5.41) is 0. The van der Waals surface area contributed by atoms with Crippen LogP contribution in [0, 0.1) is 6.92 Å². The lowest BCUT2D eigenvalue weighted by atomic mass is 10.3. The van der Waals surface area contributed by atoms with Gasteiger partial charge in [0.1, 0.15) is 0 Å². The molecule has 0 atom stereocenters. The van der Waals surface area contributed by atoms with E-state index in [1.165, 1.54) is 4.88 Å². The van der Waals surface area contributed by atoms with Crippen molar-refractivity contribution in [3.05, 3.63) is 40.1 Å². The van der Waals surface area contributed by atoms with Crippen molar-refractivity contribution in [3.8, 4) is 0 Å². The number of hydrogen-bond donors (Lipinski definition) is 0. The summed E-state index contributed by atoms with van der Waals surface area (Å²) in [5.74, 6) is 0.117. The van der Waals surface area contributed by atoms with Gasteiger partial charge in [0.25, 0.3) is 0 Å². The molecule has 2 aromatic heterocycles. The first kappa shape index (κ1) is 11.1. The minimum absolute atomic E-state index is 0.117. The van der Waals surface area contributed by atoms with Gasteiger partial charge in [0.2, 0.25) is 0 Å². The maximum Gasteiger partial charge on any atom is 0.176 e. The Hall–Kier alpha value is -1.42. The van der Waals surface area contributed by atoms with Crippen molar-refractivity contribution in [1.29, 1.82) is 0 Å². The van der Waals surface area contributed by atoms with E-state index in [1.54, 1.807) is 18.3 Å². The topological polar surface area (TPSA) is 34.9 Å². The van der Waals surface area contributed by atoms with E-state index < -0.39 is 0 Å². The van der Waals surface area contributed by atoms with Gasteiger partial charge in [0.05, 0.1) is 16.9 Å². The molecular formula is C12H14N2OS. The average molecular weight is 234 g/mol. The van der Waals surface area contributed by atoms with Crippen LogP contribution < -0.4 is 0 Å². The highest BCUT2D eigenvalue weighted by molar-refractivity contribution is 7.09. The highest BCUT2D eigenvalue weighted by Gasteiger charge is 2.07. The van der Waals surface area contributed by atoms with E-state index in [9.17, 15) is 4.79 Å². The van der Waals surface area contributed by atoms with Gasteiger partial charge in [0.15, 0.2) is 5.78 Å². The zero-order chi connectivity index (χ0) is 11.5. The van der Waals surface area contributed by atoms with E-state index in [0.29, 0.717) is 0 Å². The SMILES string of the molecule is CC(=O)c1cccn1CCc1scnc1C. The quantitative estimate of drug-likeness (QED) is 0.762. The molecule has 0 aliphatic heterocycles. The van der Waals surface area contributed by atoms with Crippen molar-refractivity contribution in [1.82, 2.24) is 9.55 Å². The maximum atomic E-state index is 11.3. The van der Waals surface area contributed by atoms with Gasteiger partial charge >= 0.3 is 0 Å². The Labute approximate surface area is 98.8 Å². The summed E-state index contributed by atoms with van der Waals surface area (Å²) in [5.41, 5.74) is 3.75. The molecule has 84 valence electrons. The highest BCUT2D eigenvalue weighted by Crippen LogP contribution is 2.14. The smallest absolute Gasteiger partial charge is 0.176 e. The Bertz CT molecular complexity index is 499. The molecular weight excluding hydrogens is 220 g/mol. The third-order valence-electron chi connectivity index (χ3n) is 2.61. The molecule has 2 aromatic rings. The minimum atomic E-state index is 0.117. The van der Waals surface area contributed by atoms with Crippen LogP contribution >= 0.6 is 11.3 Å². The van der Waals surface area contributed by atoms with Crippen molar-refractivity contribution < 1.29 is 4.79 Å². The fourth-order valence-corrected chi connectivity index (χ4v) is 2.49. The van der Waals surface area contributed by atoms with Crippen LogP contribution in [0.15, 0.2) is 23.8 Å². The van der Waals surface area contributed by atoms with Crippen molar-refractivity contribution in [2.45, 2.75) is 26.8 Å². The standard InChI is InChI=1S/C12H14N2OS/c1-9-12(16-8-13-9)5-7-14-6-3-4-11(14)10(2)15/h3-4,6,8H,5,7H2,1-2H3. The predicted molar refractivity (Wildman–Crippen MR) is 65.0 cm³/mol. The van der Waals surface area contributed by atoms with Crippen LogP contribution in [0.5, 0.6) is 0 Å². The monoisotopic (exact) mass is 234 g/mol. The van der Waals surface area contributed by atoms with E-state index in [0.717, 1.165) is 24.4 Å². The van der Waals surface area contributed by atoms with Crippen LogP contribution in [0.25, 0.3) is 0 Å². The number of ketones is 1. The molecule has 0 saturated carbocycles. The Morgan fingerprint density at radius 1 is 1.56 bits per heavy atom. The van der Waals surface area contributed by atoms with Crippen molar-refractivity contribution >= 4 is 17.1 Å². The number of aromatic nitrogens is 2. The van der Waals surface area contributed by atoms with Crippen molar-refractivity contribution in [3.63, 3.8) is 0 Å². The van der Waals surface area contributed by atoms with E-state index in [1.807, 2.05) is 35.3 Å². The van der Waals surface area contributed by atoms with Crippen LogP contribution in [0.2, 0.25) is 0 Å². The Balaban J connectivity index is 2.08. The zero-order valence-electron chi connectivity index (χ0n) is 9.43. The van der Waals surface area contributed by atoms with E-state index in [-0.39, 0.29) is 5.78 Å².